The fraction of sp³-hybridized carbons (Fsp3) is 0.500. The predicted molar refractivity (Wildman–Crippen MR) is 71.8 cm³/mol. The number of carbonyl (C=O) groups is 1. The Morgan fingerprint density at radius 3 is 2.67 bits per heavy atom. The molecule has 1 aliphatic rings. The third-order valence-electron chi connectivity index (χ3n) is 3.77. The summed E-state index contributed by atoms with van der Waals surface area (Å²) in [5.74, 6) is 0.293. The van der Waals surface area contributed by atoms with Crippen molar-refractivity contribution in [3.63, 3.8) is 0 Å². The molecular weight excluding hydrogens is 228 g/mol. The van der Waals surface area contributed by atoms with Crippen LogP contribution in [-0.4, -0.2) is 17.2 Å². The second-order valence-electron chi connectivity index (χ2n) is 4.75. The zero-order valence-electron chi connectivity index (χ0n) is 10.8. The van der Waals surface area contributed by atoms with E-state index < -0.39 is 6.09 Å². The molecule has 0 radical (unpaired) electrons. The minimum atomic E-state index is -0.954. The first-order valence-corrected chi connectivity index (χ1v) is 6.52. The highest BCUT2D eigenvalue weighted by Crippen LogP contribution is 2.39. The molecule has 0 unspecified atom stereocenters. The molecule has 0 aromatic heterocycles. The van der Waals surface area contributed by atoms with E-state index in [0.29, 0.717) is 12.0 Å². The summed E-state index contributed by atoms with van der Waals surface area (Å²) in [4.78, 5) is 11.0. The van der Waals surface area contributed by atoms with Gasteiger partial charge in [-0.3, -0.25) is 0 Å². The standard InChI is InChI=1S/C14H20N2O2/c1-3-9-11(4-2)15-12-8-6-5-7-10(12)13(9)16-14(17)18/h5-9,11,13,15-16H,3-4H2,1-2H3,(H,17,18)/t9-,11-,13+/m0/s1. The summed E-state index contributed by atoms with van der Waals surface area (Å²) in [7, 11) is 0. The zero-order valence-corrected chi connectivity index (χ0v) is 10.8. The van der Waals surface area contributed by atoms with Crippen LogP contribution in [0.15, 0.2) is 24.3 Å². The molecule has 1 heterocycles. The van der Waals surface area contributed by atoms with Crippen LogP contribution in [0.3, 0.4) is 0 Å². The lowest BCUT2D eigenvalue weighted by atomic mass is 9.80. The Balaban J connectivity index is 2.39. The third kappa shape index (κ3) is 2.28. The molecule has 0 spiro atoms. The lowest BCUT2D eigenvalue weighted by Crippen LogP contribution is -2.44. The minimum absolute atomic E-state index is 0.116. The molecule has 4 nitrogen and oxygen atoms in total. The van der Waals surface area contributed by atoms with Crippen LogP contribution in [0.1, 0.15) is 38.3 Å². The van der Waals surface area contributed by atoms with Crippen molar-refractivity contribution in [2.75, 3.05) is 5.32 Å². The Hall–Kier alpha value is -1.71. The van der Waals surface area contributed by atoms with E-state index in [1.165, 1.54) is 0 Å². The Morgan fingerprint density at radius 2 is 2.06 bits per heavy atom. The van der Waals surface area contributed by atoms with Gasteiger partial charge in [0, 0.05) is 17.6 Å². The first-order valence-electron chi connectivity index (χ1n) is 6.52. The molecule has 3 N–H and O–H groups in total. The van der Waals surface area contributed by atoms with Gasteiger partial charge < -0.3 is 15.7 Å². The monoisotopic (exact) mass is 248 g/mol. The Kier molecular flexibility index (Phi) is 3.75. The van der Waals surface area contributed by atoms with Crippen molar-refractivity contribution in [3.8, 4) is 0 Å². The number of hydrogen-bond donors (Lipinski definition) is 3. The number of anilines is 1. The van der Waals surface area contributed by atoms with Crippen LogP contribution in [0.4, 0.5) is 10.5 Å². The number of fused-ring (bicyclic) bond motifs is 1. The fourth-order valence-corrected chi connectivity index (χ4v) is 2.91. The number of rotatable bonds is 3. The van der Waals surface area contributed by atoms with Gasteiger partial charge in [-0.15, -0.1) is 0 Å². The number of para-hydroxylation sites is 1. The van der Waals surface area contributed by atoms with E-state index in [9.17, 15) is 4.79 Å². The zero-order chi connectivity index (χ0) is 13.1. The van der Waals surface area contributed by atoms with Gasteiger partial charge in [0.25, 0.3) is 0 Å². The molecule has 0 aliphatic carbocycles. The summed E-state index contributed by atoms with van der Waals surface area (Å²) in [5.41, 5.74) is 2.10. The van der Waals surface area contributed by atoms with Crippen molar-refractivity contribution in [1.29, 1.82) is 0 Å². The average Bonchev–Trinajstić information content (AvgIpc) is 2.37. The normalized spacial score (nSPS) is 26.0. The maximum absolute atomic E-state index is 11.0. The molecule has 4 heteroatoms. The van der Waals surface area contributed by atoms with Crippen LogP contribution in [0, 0.1) is 5.92 Å². The molecular formula is C14H20N2O2. The van der Waals surface area contributed by atoms with Crippen molar-refractivity contribution in [1.82, 2.24) is 5.32 Å². The maximum Gasteiger partial charge on any atom is 0.405 e. The summed E-state index contributed by atoms with van der Waals surface area (Å²) < 4.78 is 0. The van der Waals surface area contributed by atoms with Crippen LogP contribution >= 0.6 is 0 Å². The van der Waals surface area contributed by atoms with Gasteiger partial charge >= 0.3 is 6.09 Å². The van der Waals surface area contributed by atoms with Crippen molar-refractivity contribution >= 4 is 11.8 Å². The quantitative estimate of drug-likeness (QED) is 0.769. The van der Waals surface area contributed by atoms with E-state index in [0.717, 1.165) is 24.1 Å². The Labute approximate surface area is 107 Å². The summed E-state index contributed by atoms with van der Waals surface area (Å²) >= 11 is 0. The summed E-state index contributed by atoms with van der Waals surface area (Å²) in [5, 5.41) is 15.2. The number of hydrogen-bond acceptors (Lipinski definition) is 2. The predicted octanol–water partition coefficient (Wildman–Crippen LogP) is 3.23. The minimum Gasteiger partial charge on any atom is -0.465 e. The van der Waals surface area contributed by atoms with E-state index in [4.69, 9.17) is 5.11 Å². The molecule has 0 fully saturated rings. The van der Waals surface area contributed by atoms with Crippen LogP contribution in [-0.2, 0) is 0 Å². The van der Waals surface area contributed by atoms with Gasteiger partial charge in [-0.2, -0.15) is 0 Å². The first-order chi connectivity index (χ1) is 8.67. The van der Waals surface area contributed by atoms with E-state index in [2.05, 4.69) is 24.5 Å². The van der Waals surface area contributed by atoms with Crippen molar-refractivity contribution in [2.24, 2.45) is 5.92 Å². The lowest BCUT2D eigenvalue weighted by molar-refractivity contribution is 0.180. The summed E-state index contributed by atoms with van der Waals surface area (Å²) in [6.45, 7) is 4.24. The molecule has 2 rings (SSSR count). The Morgan fingerprint density at radius 1 is 1.33 bits per heavy atom. The van der Waals surface area contributed by atoms with Crippen molar-refractivity contribution in [3.05, 3.63) is 29.8 Å². The van der Waals surface area contributed by atoms with E-state index in [1.807, 2.05) is 24.3 Å². The SMILES string of the molecule is CC[C@H]1[C@H](CC)Nc2ccccc2[C@@H]1NC(=O)O. The van der Waals surface area contributed by atoms with Gasteiger partial charge in [0.2, 0.25) is 0 Å². The van der Waals surface area contributed by atoms with Crippen molar-refractivity contribution in [2.45, 2.75) is 38.8 Å². The second-order valence-corrected chi connectivity index (χ2v) is 4.75. The maximum atomic E-state index is 11.0. The molecule has 1 aliphatic heterocycles. The highest BCUT2D eigenvalue weighted by atomic mass is 16.4. The van der Waals surface area contributed by atoms with Crippen molar-refractivity contribution < 1.29 is 9.90 Å². The summed E-state index contributed by atoms with van der Waals surface area (Å²) in [6.07, 6.45) is 0.986. The van der Waals surface area contributed by atoms with Gasteiger partial charge in [0.15, 0.2) is 0 Å². The first kappa shape index (κ1) is 12.7. The molecule has 0 saturated heterocycles. The fourth-order valence-electron chi connectivity index (χ4n) is 2.91. The molecule has 1 amide bonds. The van der Waals surface area contributed by atoms with E-state index in [1.54, 1.807) is 0 Å². The molecule has 18 heavy (non-hydrogen) atoms. The van der Waals surface area contributed by atoms with Crippen LogP contribution < -0.4 is 10.6 Å². The molecule has 3 atom stereocenters. The Bertz CT molecular complexity index is 434. The van der Waals surface area contributed by atoms with Gasteiger partial charge in [-0.1, -0.05) is 32.0 Å². The number of benzene rings is 1. The average molecular weight is 248 g/mol. The van der Waals surface area contributed by atoms with Crippen LogP contribution in [0.25, 0.3) is 0 Å². The molecule has 0 saturated carbocycles. The molecule has 0 bridgehead atoms. The highest BCUT2D eigenvalue weighted by Gasteiger charge is 2.35. The molecule has 1 aromatic carbocycles. The number of amides is 1. The van der Waals surface area contributed by atoms with Crippen LogP contribution in [0.5, 0.6) is 0 Å². The van der Waals surface area contributed by atoms with Gasteiger partial charge in [-0.25, -0.2) is 4.79 Å². The molecule has 1 aromatic rings. The van der Waals surface area contributed by atoms with Gasteiger partial charge in [0.1, 0.15) is 0 Å². The topological polar surface area (TPSA) is 61.4 Å². The van der Waals surface area contributed by atoms with Gasteiger partial charge in [0.05, 0.1) is 6.04 Å². The van der Waals surface area contributed by atoms with E-state index >= 15 is 0 Å². The van der Waals surface area contributed by atoms with Gasteiger partial charge in [-0.05, 0) is 24.5 Å². The largest absolute Gasteiger partial charge is 0.465 e. The highest BCUT2D eigenvalue weighted by molar-refractivity contribution is 5.67. The molecule has 98 valence electrons. The third-order valence-corrected chi connectivity index (χ3v) is 3.77. The van der Waals surface area contributed by atoms with E-state index in [-0.39, 0.29) is 6.04 Å². The smallest absolute Gasteiger partial charge is 0.405 e. The van der Waals surface area contributed by atoms with Crippen LogP contribution in [0.2, 0.25) is 0 Å². The number of carboxylic acid groups (broad SMARTS) is 1. The summed E-state index contributed by atoms with van der Waals surface area (Å²) in [6, 6.07) is 8.15. The lowest BCUT2D eigenvalue weighted by Gasteiger charge is -2.40. The number of nitrogens with one attached hydrogen (secondary N) is 2. The second kappa shape index (κ2) is 5.29.